The number of hydrogen-bond acceptors (Lipinski definition) is 4. The van der Waals surface area contributed by atoms with Gasteiger partial charge in [-0.3, -0.25) is 4.72 Å². The lowest BCUT2D eigenvalue weighted by molar-refractivity contribution is 0.578. The number of aromatic nitrogens is 2. The van der Waals surface area contributed by atoms with Crippen molar-refractivity contribution >= 4 is 26.7 Å². The van der Waals surface area contributed by atoms with Gasteiger partial charge in [0, 0.05) is 0 Å². The number of hydrogen-bond donors (Lipinski definition) is 2. The molecule has 4 aromatic rings. The zero-order valence-electron chi connectivity index (χ0n) is 12.7. The molecule has 0 unspecified atom stereocenters. The van der Waals surface area contributed by atoms with Gasteiger partial charge in [-0.15, -0.1) is 0 Å². The SMILES string of the molecule is O=S(=O)(Nc1ccc2nc(-c3ccco3)[nH]c2c1)c1ccc(F)cc1. The van der Waals surface area contributed by atoms with Gasteiger partial charge in [-0.1, -0.05) is 0 Å². The van der Waals surface area contributed by atoms with E-state index in [0.717, 1.165) is 12.1 Å². The van der Waals surface area contributed by atoms with Gasteiger partial charge < -0.3 is 9.40 Å². The summed E-state index contributed by atoms with van der Waals surface area (Å²) < 4.78 is 45.5. The molecule has 2 heterocycles. The first-order chi connectivity index (χ1) is 12.0. The maximum Gasteiger partial charge on any atom is 0.261 e. The summed E-state index contributed by atoms with van der Waals surface area (Å²) in [7, 11) is -3.80. The van der Waals surface area contributed by atoms with Crippen molar-refractivity contribution in [2.75, 3.05) is 4.72 Å². The lowest BCUT2D eigenvalue weighted by atomic mass is 10.3. The molecule has 4 rings (SSSR count). The molecule has 0 spiro atoms. The highest BCUT2D eigenvalue weighted by molar-refractivity contribution is 7.92. The summed E-state index contributed by atoms with van der Waals surface area (Å²) in [4.78, 5) is 7.46. The Hall–Kier alpha value is -3.13. The maximum atomic E-state index is 13.0. The van der Waals surface area contributed by atoms with E-state index in [4.69, 9.17) is 4.42 Å². The first-order valence-corrected chi connectivity index (χ1v) is 8.82. The third-order valence-corrected chi connectivity index (χ3v) is 5.01. The third kappa shape index (κ3) is 2.99. The van der Waals surface area contributed by atoms with Crippen LogP contribution in [-0.4, -0.2) is 18.4 Å². The van der Waals surface area contributed by atoms with Crippen LogP contribution in [0.3, 0.4) is 0 Å². The van der Waals surface area contributed by atoms with E-state index in [-0.39, 0.29) is 4.90 Å². The van der Waals surface area contributed by atoms with Crippen LogP contribution in [0.4, 0.5) is 10.1 Å². The van der Waals surface area contributed by atoms with E-state index in [2.05, 4.69) is 14.7 Å². The number of nitrogens with one attached hydrogen (secondary N) is 2. The Morgan fingerprint density at radius 2 is 1.88 bits per heavy atom. The number of sulfonamides is 1. The van der Waals surface area contributed by atoms with Gasteiger partial charge in [-0.05, 0) is 54.6 Å². The lowest BCUT2D eigenvalue weighted by Gasteiger charge is -2.08. The minimum atomic E-state index is -3.80. The molecular formula is C17H12FN3O3S. The predicted molar refractivity (Wildman–Crippen MR) is 91.0 cm³/mol. The van der Waals surface area contributed by atoms with Crippen molar-refractivity contribution in [1.82, 2.24) is 9.97 Å². The van der Waals surface area contributed by atoms with Gasteiger partial charge in [0.2, 0.25) is 0 Å². The standard InChI is InChI=1S/C17H12FN3O3S/c18-11-3-6-13(7-4-11)25(22,23)21-12-5-8-14-15(10-12)20-17(19-14)16-2-1-9-24-16/h1-10,21H,(H,19,20). The van der Waals surface area contributed by atoms with Crippen LogP contribution in [0.15, 0.2) is 70.2 Å². The number of anilines is 1. The van der Waals surface area contributed by atoms with Gasteiger partial charge in [-0.2, -0.15) is 0 Å². The number of aromatic amines is 1. The minimum absolute atomic E-state index is 0.0186. The monoisotopic (exact) mass is 357 g/mol. The number of rotatable bonds is 4. The number of halogens is 1. The largest absolute Gasteiger partial charge is 0.461 e. The summed E-state index contributed by atoms with van der Waals surface area (Å²) in [6.07, 6.45) is 1.55. The van der Waals surface area contributed by atoms with Gasteiger partial charge >= 0.3 is 0 Å². The first kappa shape index (κ1) is 15.4. The summed E-state index contributed by atoms with van der Waals surface area (Å²) in [6, 6.07) is 13.1. The molecule has 25 heavy (non-hydrogen) atoms. The van der Waals surface area contributed by atoms with Crippen molar-refractivity contribution in [3.63, 3.8) is 0 Å². The van der Waals surface area contributed by atoms with Crippen LogP contribution in [0.5, 0.6) is 0 Å². The molecule has 0 bridgehead atoms. The van der Waals surface area contributed by atoms with E-state index >= 15 is 0 Å². The van der Waals surface area contributed by atoms with Crippen LogP contribution in [0.1, 0.15) is 0 Å². The Bertz CT molecular complexity index is 1130. The third-order valence-electron chi connectivity index (χ3n) is 3.61. The molecule has 2 aromatic carbocycles. The fourth-order valence-electron chi connectivity index (χ4n) is 2.43. The molecule has 0 atom stereocenters. The Labute approximate surface area is 142 Å². The first-order valence-electron chi connectivity index (χ1n) is 7.33. The normalized spacial score (nSPS) is 11.7. The summed E-state index contributed by atoms with van der Waals surface area (Å²) in [5.41, 5.74) is 1.70. The van der Waals surface area contributed by atoms with Crippen molar-refractivity contribution in [2.45, 2.75) is 4.90 Å². The molecule has 0 aliphatic rings. The van der Waals surface area contributed by atoms with Gasteiger partial charge in [0.25, 0.3) is 10.0 Å². The predicted octanol–water partition coefficient (Wildman–Crippen LogP) is 3.76. The van der Waals surface area contributed by atoms with Crippen LogP contribution < -0.4 is 4.72 Å². The van der Waals surface area contributed by atoms with Crippen molar-refractivity contribution in [2.24, 2.45) is 0 Å². The van der Waals surface area contributed by atoms with Crippen LogP contribution >= 0.6 is 0 Å². The van der Waals surface area contributed by atoms with E-state index < -0.39 is 15.8 Å². The van der Waals surface area contributed by atoms with Crippen molar-refractivity contribution in [3.05, 3.63) is 66.7 Å². The summed E-state index contributed by atoms with van der Waals surface area (Å²) >= 11 is 0. The van der Waals surface area contributed by atoms with E-state index in [1.165, 1.54) is 12.1 Å². The van der Waals surface area contributed by atoms with E-state index in [1.807, 2.05) is 0 Å². The number of nitrogens with zero attached hydrogens (tertiary/aromatic N) is 1. The molecule has 0 saturated heterocycles. The summed E-state index contributed by atoms with van der Waals surface area (Å²) in [5, 5.41) is 0. The number of imidazole rings is 1. The molecule has 0 saturated carbocycles. The summed E-state index contributed by atoms with van der Waals surface area (Å²) in [5.74, 6) is 0.645. The Kier molecular flexibility index (Phi) is 3.54. The smallest absolute Gasteiger partial charge is 0.261 e. The fourth-order valence-corrected chi connectivity index (χ4v) is 3.48. The van der Waals surface area contributed by atoms with Crippen LogP contribution in [0, 0.1) is 5.82 Å². The topological polar surface area (TPSA) is 88.0 Å². The maximum absolute atomic E-state index is 13.0. The molecule has 0 radical (unpaired) electrons. The molecule has 0 amide bonds. The van der Waals surface area contributed by atoms with Gasteiger partial charge in [0.15, 0.2) is 11.6 Å². The van der Waals surface area contributed by atoms with Gasteiger partial charge in [0.05, 0.1) is 27.9 Å². The number of fused-ring (bicyclic) bond motifs is 1. The van der Waals surface area contributed by atoms with E-state index in [9.17, 15) is 12.8 Å². The molecule has 2 N–H and O–H groups in total. The Morgan fingerprint density at radius 1 is 1.08 bits per heavy atom. The number of H-pyrrole nitrogens is 1. The molecule has 0 aliphatic heterocycles. The molecule has 2 aromatic heterocycles. The van der Waals surface area contributed by atoms with Gasteiger partial charge in [0.1, 0.15) is 5.82 Å². The average Bonchev–Trinajstić information content (AvgIpc) is 3.23. The van der Waals surface area contributed by atoms with E-state index in [0.29, 0.717) is 28.3 Å². The second-order valence-electron chi connectivity index (χ2n) is 5.35. The van der Waals surface area contributed by atoms with Crippen LogP contribution in [-0.2, 0) is 10.0 Å². The molecular weight excluding hydrogens is 345 g/mol. The van der Waals surface area contributed by atoms with Gasteiger partial charge in [-0.25, -0.2) is 17.8 Å². The zero-order chi connectivity index (χ0) is 17.4. The highest BCUT2D eigenvalue weighted by atomic mass is 32.2. The van der Waals surface area contributed by atoms with Crippen molar-refractivity contribution < 1.29 is 17.2 Å². The second kappa shape index (κ2) is 5.75. The molecule has 0 aliphatic carbocycles. The highest BCUT2D eigenvalue weighted by Crippen LogP contribution is 2.24. The summed E-state index contributed by atoms with van der Waals surface area (Å²) in [6.45, 7) is 0. The van der Waals surface area contributed by atoms with Crippen molar-refractivity contribution in [1.29, 1.82) is 0 Å². The molecule has 0 fully saturated rings. The fraction of sp³-hybridized carbons (Fsp3) is 0. The van der Waals surface area contributed by atoms with Crippen LogP contribution in [0.25, 0.3) is 22.6 Å². The molecule has 8 heteroatoms. The Morgan fingerprint density at radius 3 is 2.60 bits per heavy atom. The minimum Gasteiger partial charge on any atom is -0.461 e. The molecule has 6 nitrogen and oxygen atoms in total. The number of furan rings is 1. The van der Waals surface area contributed by atoms with E-state index in [1.54, 1.807) is 36.6 Å². The zero-order valence-corrected chi connectivity index (χ0v) is 13.5. The number of benzene rings is 2. The molecule has 126 valence electrons. The second-order valence-corrected chi connectivity index (χ2v) is 7.04. The average molecular weight is 357 g/mol. The van der Waals surface area contributed by atoms with Crippen molar-refractivity contribution in [3.8, 4) is 11.6 Å². The quantitative estimate of drug-likeness (QED) is 0.582. The van der Waals surface area contributed by atoms with Crippen LogP contribution in [0.2, 0.25) is 0 Å². The highest BCUT2D eigenvalue weighted by Gasteiger charge is 2.15. The Balaban J connectivity index is 1.66. The lowest BCUT2D eigenvalue weighted by Crippen LogP contribution is -2.12.